The zero-order valence-corrected chi connectivity index (χ0v) is 12.0. The number of likely N-dealkylation sites (N-methyl/N-ethyl adjacent to an activating group) is 1. The number of nitrogens with zero attached hydrogens (tertiary/aromatic N) is 2. The van der Waals surface area contributed by atoms with Crippen molar-refractivity contribution in [1.82, 2.24) is 15.1 Å². The minimum Gasteiger partial charge on any atom is -0.310 e. The molecule has 17 heavy (non-hydrogen) atoms. The lowest BCUT2D eigenvalue weighted by Gasteiger charge is -2.34. The quantitative estimate of drug-likeness (QED) is 0.803. The molecule has 0 radical (unpaired) electrons. The van der Waals surface area contributed by atoms with E-state index in [0.717, 1.165) is 18.5 Å². The first kappa shape index (κ1) is 13.3. The van der Waals surface area contributed by atoms with Gasteiger partial charge in [0, 0.05) is 24.7 Å². The monoisotopic (exact) mass is 239 g/mol. The molecule has 0 aromatic rings. The third-order valence-corrected chi connectivity index (χ3v) is 4.57. The maximum absolute atomic E-state index is 3.62. The van der Waals surface area contributed by atoms with Crippen LogP contribution in [0.2, 0.25) is 0 Å². The molecule has 0 aliphatic carbocycles. The molecule has 2 aliphatic rings. The molecule has 1 atom stereocenters. The van der Waals surface area contributed by atoms with Gasteiger partial charge in [0.25, 0.3) is 0 Å². The Bertz CT molecular complexity index is 244. The van der Waals surface area contributed by atoms with Crippen molar-refractivity contribution in [3.8, 4) is 0 Å². The zero-order chi connectivity index (χ0) is 12.5. The normalized spacial score (nSPS) is 31.2. The molecule has 3 nitrogen and oxygen atoms in total. The third kappa shape index (κ3) is 3.67. The molecule has 2 aliphatic heterocycles. The number of likely N-dealkylation sites (tertiary alicyclic amines) is 1. The molecule has 2 saturated heterocycles. The summed E-state index contributed by atoms with van der Waals surface area (Å²) in [6.07, 6.45) is 4.05. The van der Waals surface area contributed by atoms with E-state index in [0.29, 0.717) is 5.54 Å². The fraction of sp³-hybridized carbons (Fsp3) is 1.00. The van der Waals surface area contributed by atoms with Crippen molar-refractivity contribution < 1.29 is 0 Å². The summed E-state index contributed by atoms with van der Waals surface area (Å²) in [5.41, 5.74) is 0.339. The Balaban J connectivity index is 1.76. The maximum atomic E-state index is 3.62. The van der Waals surface area contributed by atoms with Crippen LogP contribution in [0.3, 0.4) is 0 Å². The van der Waals surface area contributed by atoms with E-state index < -0.39 is 0 Å². The zero-order valence-electron chi connectivity index (χ0n) is 12.0. The van der Waals surface area contributed by atoms with Crippen molar-refractivity contribution in [1.29, 1.82) is 0 Å². The number of rotatable bonds is 3. The van der Waals surface area contributed by atoms with E-state index in [1.54, 1.807) is 0 Å². The van der Waals surface area contributed by atoms with Gasteiger partial charge in [0.15, 0.2) is 0 Å². The molecular weight excluding hydrogens is 210 g/mol. The number of hydrogen-bond donors (Lipinski definition) is 1. The fourth-order valence-corrected chi connectivity index (χ4v) is 3.24. The van der Waals surface area contributed by atoms with E-state index in [9.17, 15) is 0 Å². The SMILES string of the molecule is CN1CCC(CN(C)C2CNC(C)(C)C2)CC1. The number of nitrogens with one attached hydrogen (secondary N) is 1. The molecule has 0 amide bonds. The Morgan fingerprint density at radius 1 is 1.29 bits per heavy atom. The third-order valence-electron chi connectivity index (χ3n) is 4.57. The van der Waals surface area contributed by atoms with Crippen molar-refractivity contribution in [2.24, 2.45) is 5.92 Å². The summed E-state index contributed by atoms with van der Waals surface area (Å²) < 4.78 is 0. The molecule has 2 fully saturated rings. The van der Waals surface area contributed by atoms with Crippen LogP contribution in [-0.2, 0) is 0 Å². The topological polar surface area (TPSA) is 18.5 Å². The predicted molar refractivity (Wildman–Crippen MR) is 73.3 cm³/mol. The average Bonchev–Trinajstić information content (AvgIpc) is 2.62. The van der Waals surface area contributed by atoms with Gasteiger partial charge in [-0.1, -0.05) is 0 Å². The van der Waals surface area contributed by atoms with Crippen molar-refractivity contribution in [3.63, 3.8) is 0 Å². The second-order valence-corrected chi connectivity index (χ2v) is 6.81. The Kier molecular flexibility index (Phi) is 4.11. The molecule has 0 bridgehead atoms. The largest absolute Gasteiger partial charge is 0.310 e. The highest BCUT2D eigenvalue weighted by Crippen LogP contribution is 2.24. The first-order valence-corrected chi connectivity index (χ1v) is 7.10. The van der Waals surface area contributed by atoms with Gasteiger partial charge in [0.2, 0.25) is 0 Å². The second-order valence-electron chi connectivity index (χ2n) is 6.81. The molecule has 1 unspecified atom stereocenters. The van der Waals surface area contributed by atoms with Crippen LogP contribution in [0.25, 0.3) is 0 Å². The van der Waals surface area contributed by atoms with Crippen molar-refractivity contribution >= 4 is 0 Å². The van der Waals surface area contributed by atoms with E-state index in [1.165, 1.54) is 38.9 Å². The lowest BCUT2D eigenvalue weighted by Crippen LogP contribution is -2.40. The molecule has 1 N–H and O–H groups in total. The van der Waals surface area contributed by atoms with Crippen LogP contribution in [0.1, 0.15) is 33.1 Å². The Morgan fingerprint density at radius 2 is 1.94 bits per heavy atom. The summed E-state index contributed by atoms with van der Waals surface area (Å²) >= 11 is 0. The molecule has 100 valence electrons. The summed E-state index contributed by atoms with van der Waals surface area (Å²) in [6.45, 7) is 9.65. The van der Waals surface area contributed by atoms with E-state index in [1.807, 2.05) is 0 Å². The van der Waals surface area contributed by atoms with Gasteiger partial charge in [-0.25, -0.2) is 0 Å². The predicted octanol–water partition coefficient (Wildman–Crippen LogP) is 1.40. The van der Waals surface area contributed by atoms with E-state index >= 15 is 0 Å². The molecule has 2 heterocycles. The van der Waals surface area contributed by atoms with Crippen LogP contribution in [-0.4, -0.2) is 61.7 Å². The van der Waals surface area contributed by atoms with Gasteiger partial charge in [-0.15, -0.1) is 0 Å². The smallest absolute Gasteiger partial charge is 0.0235 e. The standard InChI is InChI=1S/C14H29N3/c1-14(2)9-13(10-15-14)17(4)11-12-5-7-16(3)8-6-12/h12-13,15H,5-11H2,1-4H3. The summed E-state index contributed by atoms with van der Waals surface area (Å²) in [5, 5.41) is 3.62. The molecule has 3 heteroatoms. The molecule has 0 aromatic carbocycles. The van der Waals surface area contributed by atoms with Crippen LogP contribution in [0.5, 0.6) is 0 Å². The van der Waals surface area contributed by atoms with Gasteiger partial charge in [0.1, 0.15) is 0 Å². The van der Waals surface area contributed by atoms with Gasteiger partial charge in [-0.05, 0) is 66.2 Å². The molecular formula is C14H29N3. The lowest BCUT2D eigenvalue weighted by molar-refractivity contribution is 0.152. The van der Waals surface area contributed by atoms with Crippen LogP contribution in [0.15, 0.2) is 0 Å². The average molecular weight is 239 g/mol. The minimum absolute atomic E-state index is 0.339. The van der Waals surface area contributed by atoms with E-state index in [2.05, 4.69) is 43.1 Å². The van der Waals surface area contributed by atoms with Gasteiger partial charge in [-0.2, -0.15) is 0 Å². The number of piperidine rings is 1. The van der Waals surface area contributed by atoms with Gasteiger partial charge < -0.3 is 15.1 Å². The highest BCUT2D eigenvalue weighted by Gasteiger charge is 2.33. The van der Waals surface area contributed by atoms with E-state index in [4.69, 9.17) is 0 Å². The van der Waals surface area contributed by atoms with Crippen LogP contribution >= 0.6 is 0 Å². The molecule has 0 aromatic heterocycles. The van der Waals surface area contributed by atoms with Crippen LogP contribution in [0.4, 0.5) is 0 Å². The number of hydrogen-bond acceptors (Lipinski definition) is 3. The Hall–Kier alpha value is -0.120. The first-order valence-electron chi connectivity index (χ1n) is 7.10. The fourth-order valence-electron chi connectivity index (χ4n) is 3.24. The summed E-state index contributed by atoms with van der Waals surface area (Å²) in [5.74, 6) is 0.917. The minimum atomic E-state index is 0.339. The maximum Gasteiger partial charge on any atom is 0.0235 e. The van der Waals surface area contributed by atoms with Crippen molar-refractivity contribution in [3.05, 3.63) is 0 Å². The van der Waals surface area contributed by atoms with Gasteiger partial charge >= 0.3 is 0 Å². The molecule has 2 rings (SSSR count). The van der Waals surface area contributed by atoms with Gasteiger partial charge in [0.05, 0.1) is 0 Å². The van der Waals surface area contributed by atoms with Crippen LogP contribution in [0, 0.1) is 5.92 Å². The van der Waals surface area contributed by atoms with Crippen molar-refractivity contribution in [2.45, 2.75) is 44.7 Å². The van der Waals surface area contributed by atoms with Gasteiger partial charge in [-0.3, -0.25) is 0 Å². The summed E-state index contributed by atoms with van der Waals surface area (Å²) in [6, 6.07) is 0.740. The highest BCUT2D eigenvalue weighted by molar-refractivity contribution is 4.94. The van der Waals surface area contributed by atoms with E-state index in [-0.39, 0.29) is 0 Å². The Morgan fingerprint density at radius 3 is 2.47 bits per heavy atom. The Labute approximate surface area is 107 Å². The highest BCUT2D eigenvalue weighted by atomic mass is 15.2. The molecule has 0 spiro atoms. The summed E-state index contributed by atoms with van der Waals surface area (Å²) in [7, 11) is 4.55. The van der Waals surface area contributed by atoms with Crippen LogP contribution < -0.4 is 5.32 Å². The molecule has 0 saturated carbocycles. The first-order chi connectivity index (χ1) is 7.96. The van der Waals surface area contributed by atoms with Crippen molar-refractivity contribution in [2.75, 3.05) is 40.3 Å². The second kappa shape index (κ2) is 5.25. The lowest BCUT2D eigenvalue weighted by atomic mass is 9.95. The summed E-state index contributed by atoms with van der Waals surface area (Å²) in [4.78, 5) is 5.05.